The van der Waals surface area contributed by atoms with E-state index in [1.807, 2.05) is 0 Å². The monoisotopic (exact) mass is 212 g/mol. The minimum Gasteiger partial charge on any atom is -0.481 e. The molecule has 2 aliphatic rings. The number of nitrogens with zero attached hydrogens (tertiary/aromatic N) is 1. The Labute approximate surface area is 90.6 Å². The van der Waals surface area contributed by atoms with Gasteiger partial charge in [0.1, 0.15) is 0 Å². The van der Waals surface area contributed by atoms with Crippen molar-refractivity contribution in [2.75, 3.05) is 19.6 Å². The Morgan fingerprint density at radius 3 is 3.13 bits per heavy atom. The number of piperazine rings is 1. The van der Waals surface area contributed by atoms with E-state index in [2.05, 4.69) is 10.2 Å². The lowest BCUT2D eigenvalue weighted by Crippen LogP contribution is -2.57. The average Bonchev–Trinajstić information content (AvgIpc) is 2.26. The van der Waals surface area contributed by atoms with Crippen LogP contribution in [-0.2, 0) is 4.79 Å². The lowest BCUT2D eigenvalue weighted by molar-refractivity contribution is -0.137. The van der Waals surface area contributed by atoms with E-state index in [0.29, 0.717) is 12.1 Å². The minimum absolute atomic E-state index is 0.288. The van der Waals surface area contributed by atoms with Gasteiger partial charge in [-0.05, 0) is 25.8 Å². The largest absolute Gasteiger partial charge is 0.481 e. The fraction of sp³-hybridized carbons (Fsp3) is 0.909. The maximum atomic E-state index is 10.5. The Morgan fingerprint density at radius 1 is 1.47 bits per heavy atom. The molecule has 2 atom stereocenters. The van der Waals surface area contributed by atoms with Crippen LogP contribution in [0.1, 0.15) is 32.1 Å². The number of hydrogen-bond acceptors (Lipinski definition) is 3. The van der Waals surface area contributed by atoms with Crippen molar-refractivity contribution in [3.05, 3.63) is 0 Å². The van der Waals surface area contributed by atoms with Gasteiger partial charge in [-0.2, -0.15) is 0 Å². The fourth-order valence-electron chi connectivity index (χ4n) is 2.67. The van der Waals surface area contributed by atoms with E-state index in [0.717, 1.165) is 19.5 Å². The molecule has 2 saturated heterocycles. The van der Waals surface area contributed by atoms with Crippen LogP contribution in [0.3, 0.4) is 0 Å². The SMILES string of the molecule is O=C(O)CCC1CN2CCCCC2CN1. The molecule has 0 saturated carbocycles. The van der Waals surface area contributed by atoms with Crippen molar-refractivity contribution in [3.8, 4) is 0 Å². The van der Waals surface area contributed by atoms with Gasteiger partial charge in [0.05, 0.1) is 0 Å². The van der Waals surface area contributed by atoms with Crippen molar-refractivity contribution in [1.29, 1.82) is 0 Å². The highest BCUT2D eigenvalue weighted by molar-refractivity contribution is 5.66. The van der Waals surface area contributed by atoms with Crippen LogP contribution in [0.4, 0.5) is 0 Å². The molecule has 0 aromatic heterocycles. The zero-order chi connectivity index (χ0) is 10.7. The first-order valence-corrected chi connectivity index (χ1v) is 5.95. The summed E-state index contributed by atoms with van der Waals surface area (Å²) < 4.78 is 0. The Morgan fingerprint density at radius 2 is 2.33 bits per heavy atom. The van der Waals surface area contributed by atoms with Crippen molar-refractivity contribution >= 4 is 5.97 Å². The summed E-state index contributed by atoms with van der Waals surface area (Å²) in [7, 11) is 0. The highest BCUT2D eigenvalue weighted by Crippen LogP contribution is 2.20. The molecule has 2 fully saturated rings. The zero-order valence-corrected chi connectivity index (χ0v) is 9.11. The lowest BCUT2D eigenvalue weighted by Gasteiger charge is -2.43. The highest BCUT2D eigenvalue weighted by Gasteiger charge is 2.29. The molecule has 0 spiro atoms. The molecule has 15 heavy (non-hydrogen) atoms. The number of fused-ring (bicyclic) bond motifs is 1. The number of carbonyl (C=O) groups is 1. The number of carboxylic acid groups (broad SMARTS) is 1. The maximum absolute atomic E-state index is 10.5. The molecule has 0 aromatic carbocycles. The number of aliphatic carboxylic acids is 1. The molecular weight excluding hydrogens is 192 g/mol. The summed E-state index contributed by atoms with van der Waals surface area (Å²) in [5.41, 5.74) is 0. The molecule has 4 nitrogen and oxygen atoms in total. The van der Waals surface area contributed by atoms with Gasteiger partial charge in [0.15, 0.2) is 0 Å². The molecule has 86 valence electrons. The molecule has 4 heteroatoms. The molecule has 0 aliphatic carbocycles. The van der Waals surface area contributed by atoms with Crippen molar-refractivity contribution in [2.24, 2.45) is 0 Å². The van der Waals surface area contributed by atoms with E-state index in [9.17, 15) is 4.79 Å². The van der Waals surface area contributed by atoms with Crippen LogP contribution >= 0.6 is 0 Å². The molecule has 2 rings (SSSR count). The van der Waals surface area contributed by atoms with Crippen molar-refractivity contribution in [2.45, 2.75) is 44.2 Å². The van der Waals surface area contributed by atoms with Crippen LogP contribution in [0.5, 0.6) is 0 Å². The predicted octanol–water partition coefficient (Wildman–Crippen LogP) is 0.677. The lowest BCUT2D eigenvalue weighted by atomic mass is 9.97. The summed E-state index contributed by atoms with van der Waals surface area (Å²) in [6.45, 7) is 3.29. The summed E-state index contributed by atoms with van der Waals surface area (Å²) in [5.74, 6) is -0.683. The third kappa shape index (κ3) is 2.92. The van der Waals surface area contributed by atoms with Gasteiger partial charge in [-0.25, -0.2) is 0 Å². The summed E-state index contributed by atoms with van der Waals surface area (Å²) >= 11 is 0. The molecule has 2 unspecified atom stereocenters. The summed E-state index contributed by atoms with van der Waals surface area (Å²) in [6.07, 6.45) is 5.01. The minimum atomic E-state index is -0.683. The smallest absolute Gasteiger partial charge is 0.303 e. The predicted molar refractivity (Wildman–Crippen MR) is 57.9 cm³/mol. The van der Waals surface area contributed by atoms with Gasteiger partial charge < -0.3 is 10.4 Å². The molecule has 2 N–H and O–H groups in total. The van der Waals surface area contributed by atoms with Gasteiger partial charge in [-0.1, -0.05) is 6.42 Å². The van der Waals surface area contributed by atoms with Gasteiger partial charge in [-0.3, -0.25) is 9.69 Å². The highest BCUT2D eigenvalue weighted by atomic mass is 16.4. The Hall–Kier alpha value is -0.610. The average molecular weight is 212 g/mol. The first-order chi connectivity index (χ1) is 7.25. The number of nitrogens with one attached hydrogen (secondary N) is 1. The second-order valence-electron chi connectivity index (χ2n) is 4.68. The summed E-state index contributed by atoms with van der Waals surface area (Å²) in [5, 5.41) is 12.1. The zero-order valence-electron chi connectivity index (χ0n) is 9.11. The third-order valence-corrected chi connectivity index (χ3v) is 3.55. The van der Waals surface area contributed by atoms with Gasteiger partial charge in [0, 0.05) is 31.6 Å². The molecule has 0 bridgehead atoms. The molecular formula is C11H20N2O2. The van der Waals surface area contributed by atoms with Gasteiger partial charge in [-0.15, -0.1) is 0 Å². The van der Waals surface area contributed by atoms with Crippen molar-refractivity contribution < 1.29 is 9.90 Å². The fourth-order valence-corrected chi connectivity index (χ4v) is 2.67. The van der Waals surface area contributed by atoms with Crippen LogP contribution in [0.25, 0.3) is 0 Å². The van der Waals surface area contributed by atoms with Crippen LogP contribution in [0.15, 0.2) is 0 Å². The normalized spacial score (nSPS) is 32.3. The van der Waals surface area contributed by atoms with Gasteiger partial charge in [0.25, 0.3) is 0 Å². The number of piperidine rings is 1. The van der Waals surface area contributed by atoms with Gasteiger partial charge in [0.2, 0.25) is 0 Å². The number of rotatable bonds is 3. The van der Waals surface area contributed by atoms with Crippen molar-refractivity contribution in [3.63, 3.8) is 0 Å². The molecule has 0 amide bonds. The standard InChI is InChI=1S/C11H20N2O2/c14-11(15)5-4-9-8-13-6-2-1-3-10(13)7-12-9/h9-10,12H,1-8H2,(H,14,15). The van der Waals surface area contributed by atoms with E-state index in [4.69, 9.17) is 5.11 Å². The summed E-state index contributed by atoms with van der Waals surface area (Å²) in [6, 6.07) is 1.09. The Bertz CT molecular complexity index is 233. The second-order valence-corrected chi connectivity index (χ2v) is 4.68. The molecule has 0 radical (unpaired) electrons. The quantitative estimate of drug-likeness (QED) is 0.722. The second kappa shape index (κ2) is 4.94. The Kier molecular flexibility index (Phi) is 3.59. The van der Waals surface area contributed by atoms with E-state index >= 15 is 0 Å². The summed E-state index contributed by atoms with van der Waals surface area (Å²) in [4.78, 5) is 13.0. The molecule has 2 heterocycles. The number of hydrogen-bond donors (Lipinski definition) is 2. The Balaban J connectivity index is 1.78. The third-order valence-electron chi connectivity index (χ3n) is 3.55. The van der Waals surface area contributed by atoms with E-state index in [1.165, 1.54) is 25.8 Å². The van der Waals surface area contributed by atoms with E-state index < -0.39 is 5.97 Å². The first-order valence-electron chi connectivity index (χ1n) is 5.95. The topological polar surface area (TPSA) is 52.6 Å². The van der Waals surface area contributed by atoms with Crippen LogP contribution in [0, 0.1) is 0 Å². The number of carboxylic acids is 1. The van der Waals surface area contributed by atoms with Crippen LogP contribution in [0.2, 0.25) is 0 Å². The maximum Gasteiger partial charge on any atom is 0.303 e. The first kappa shape index (κ1) is 10.9. The van der Waals surface area contributed by atoms with Crippen molar-refractivity contribution in [1.82, 2.24) is 10.2 Å². The van der Waals surface area contributed by atoms with E-state index in [1.54, 1.807) is 0 Å². The van der Waals surface area contributed by atoms with Crippen LogP contribution in [-0.4, -0.2) is 47.7 Å². The molecule has 2 aliphatic heterocycles. The van der Waals surface area contributed by atoms with E-state index in [-0.39, 0.29) is 6.42 Å². The molecule has 0 aromatic rings. The van der Waals surface area contributed by atoms with Crippen LogP contribution < -0.4 is 5.32 Å². The van der Waals surface area contributed by atoms with Gasteiger partial charge >= 0.3 is 5.97 Å².